The van der Waals surface area contributed by atoms with Gasteiger partial charge in [-0.1, -0.05) is 6.07 Å². The number of aromatic nitrogens is 1. The number of furan rings is 1. The van der Waals surface area contributed by atoms with Crippen molar-refractivity contribution >= 4 is 23.1 Å². The summed E-state index contributed by atoms with van der Waals surface area (Å²) in [6.45, 7) is 2.52. The predicted molar refractivity (Wildman–Crippen MR) is 113 cm³/mol. The number of carbonyl (C=O) groups is 2. The highest BCUT2D eigenvalue weighted by Crippen LogP contribution is 2.35. The Morgan fingerprint density at radius 3 is 2.81 bits per heavy atom. The van der Waals surface area contributed by atoms with E-state index in [-0.39, 0.29) is 12.4 Å². The molecule has 0 bridgehead atoms. The van der Waals surface area contributed by atoms with E-state index in [0.717, 1.165) is 5.56 Å². The van der Waals surface area contributed by atoms with Crippen LogP contribution in [0.4, 0.5) is 0 Å². The zero-order valence-electron chi connectivity index (χ0n) is 17.4. The molecule has 1 aliphatic heterocycles. The van der Waals surface area contributed by atoms with Crippen molar-refractivity contribution in [1.82, 2.24) is 9.88 Å². The Morgan fingerprint density at radius 2 is 2.13 bits per heavy atom. The SMILES string of the molecule is CCOC(=O)C1C(=O)c2sc(-c3ccco3)nc2CN1Cc1ccc(OC)cc1OC. The molecule has 1 aliphatic rings. The van der Waals surface area contributed by atoms with Crippen LogP contribution < -0.4 is 9.47 Å². The molecule has 1 atom stereocenters. The van der Waals surface area contributed by atoms with Gasteiger partial charge >= 0.3 is 5.97 Å². The van der Waals surface area contributed by atoms with E-state index >= 15 is 0 Å². The van der Waals surface area contributed by atoms with E-state index in [9.17, 15) is 9.59 Å². The van der Waals surface area contributed by atoms with Gasteiger partial charge in [-0.3, -0.25) is 9.69 Å². The second-order valence-corrected chi connectivity index (χ2v) is 7.87. The number of carbonyl (C=O) groups excluding carboxylic acids is 2. The first-order chi connectivity index (χ1) is 15.0. The Hall–Kier alpha value is -3.17. The Kier molecular flexibility index (Phi) is 6.06. The van der Waals surface area contributed by atoms with E-state index in [1.165, 1.54) is 11.3 Å². The highest BCUT2D eigenvalue weighted by Gasteiger charge is 2.42. The van der Waals surface area contributed by atoms with E-state index in [2.05, 4.69) is 4.98 Å². The molecule has 0 saturated heterocycles. The van der Waals surface area contributed by atoms with Gasteiger partial charge in [-0.05, 0) is 25.1 Å². The van der Waals surface area contributed by atoms with Crippen molar-refractivity contribution < 1.29 is 28.2 Å². The monoisotopic (exact) mass is 442 g/mol. The molecule has 162 valence electrons. The average Bonchev–Trinajstić information content (AvgIpc) is 3.44. The maximum atomic E-state index is 13.3. The van der Waals surface area contributed by atoms with Gasteiger partial charge in [0.1, 0.15) is 11.5 Å². The predicted octanol–water partition coefficient (Wildman–Crippen LogP) is 3.55. The number of ketones is 1. The maximum Gasteiger partial charge on any atom is 0.331 e. The van der Waals surface area contributed by atoms with Gasteiger partial charge in [0.05, 0.1) is 37.7 Å². The molecule has 0 amide bonds. The van der Waals surface area contributed by atoms with Crippen molar-refractivity contribution in [3.63, 3.8) is 0 Å². The number of methoxy groups -OCH3 is 2. The molecule has 0 spiro atoms. The third kappa shape index (κ3) is 4.06. The maximum absolute atomic E-state index is 13.3. The largest absolute Gasteiger partial charge is 0.497 e. The van der Waals surface area contributed by atoms with Crippen molar-refractivity contribution in [1.29, 1.82) is 0 Å². The zero-order chi connectivity index (χ0) is 22.0. The Morgan fingerprint density at radius 1 is 1.29 bits per heavy atom. The topological polar surface area (TPSA) is 91.1 Å². The Bertz CT molecular complexity index is 1090. The molecular weight excluding hydrogens is 420 g/mol. The summed E-state index contributed by atoms with van der Waals surface area (Å²) in [6, 6.07) is 7.94. The first-order valence-corrected chi connectivity index (χ1v) is 10.6. The minimum absolute atomic E-state index is 0.190. The smallest absolute Gasteiger partial charge is 0.331 e. The molecule has 0 fully saturated rings. The fourth-order valence-electron chi connectivity index (χ4n) is 3.56. The summed E-state index contributed by atoms with van der Waals surface area (Å²) in [6.07, 6.45) is 1.56. The molecule has 9 heteroatoms. The number of ether oxygens (including phenoxy) is 3. The van der Waals surface area contributed by atoms with E-state index in [4.69, 9.17) is 18.6 Å². The normalized spacial score (nSPS) is 16.1. The van der Waals surface area contributed by atoms with Crippen LogP contribution >= 0.6 is 11.3 Å². The molecule has 0 radical (unpaired) electrons. The van der Waals surface area contributed by atoms with Gasteiger partial charge in [-0.15, -0.1) is 11.3 Å². The van der Waals surface area contributed by atoms with Crippen molar-refractivity contribution in [2.24, 2.45) is 0 Å². The zero-order valence-corrected chi connectivity index (χ0v) is 18.2. The third-order valence-electron chi connectivity index (χ3n) is 5.00. The van der Waals surface area contributed by atoms with Crippen LogP contribution in [0.1, 0.15) is 27.9 Å². The second kappa shape index (κ2) is 8.91. The fourth-order valence-corrected chi connectivity index (χ4v) is 4.56. The average molecular weight is 442 g/mol. The number of benzene rings is 1. The first kappa shape index (κ1) is 21.1. The number of fused-ring (bicyclic) bond motifs is 1. The van der Waals surface area contributed by atoms with Gasteiger partial charge in [0.25, 0.3) is 0 Å². The first-order valence-electron chi connectivity index (χ1n) is 9.75. The molecule has 0 saturated carbocycles. The van der Waals surface area contributed by atoms with Gasteiger partial charge < -0.3 is 18.6 Å². The quantitative estimate of drug-likeness (QED) is 0.405. The van der Waals surface area contributed by atoms with Crippen molar-refractivity contribution in [3.05, 3.63) is 52.7 Å². The number of hydrogen-bond donors (Lipinski definition) is 0. The lowest BCUT2D eigenvalue weighted by Crippen LogP contribution is -2.49. The van der Waals surface area contributed by atoms with Crippen LogP contribution in [0, 0.1) is 0 Å². The van der Waals surface area contributed by atoms with Crippen LogP contribution in [0.15, 0.2) is 41.0 Å². The molecule has 2 aromatic heterocycles. The minimum Gasteiger partial charge on any atom is -0.497 e. The summed E-state index contributed by atoms with van der Waals surface area (Å²) in [4.78, 5) is 32.9. The molecule has 3 aromatic rings. The molecule has 4 rings (SSSR count). The molecular formula is C22H22N2O6S. The lowest BCUT2D eigenvalue weighted by molar-refractivity contribution is -0.148. The number of rotatable bonds is 7. The Labute approximate surface area is 183 Å². The molecule has 3 heterocycles. The van der Waals surface area contributed by atoms with E-state index < -0.39 is 12.0 Å². The molecule has 0 aliphatic carbocycles. The number of Topliss-reactive ketones (excluding diaryl/α,β-unsaturated/α-hetero) is 1. The molecule has 31 heavy (non-hydrogen) atoms. The standard InChI is InChI=1S/C22H22N2O6S/c1-4-29-22(26)18-19(25)20-15(23-21(31-20)16-6-5-9-30-16)12-24(18)11-13-7-8-14(27-2)10-17(13)28-3/h5-10,18H,4,11-12H2,1-3H3. The van der Waals surface area contributed by atoms with Crippen molar-refractivity contribution in [3.8, 4) is 22.3 Å². The van der Waals surface area contributed by atoms with Gasteiger partial charge in [-0.2, -0.15) is 0 Å². The van der Waals surface area contributed by atoms with E-state index in [1.807, 2.05) is 12.1 Å². The molecule has 1 unspecified atom stereocenters. The van der Waals surface area contributed by atoms with Gasteiger partial charge in [0.2, 0.25) is 5.78 Å². The number of nitrogens with zero attached hydrogens (tertiary/aromatic N) is 2. The number of hydrogen-bond acceptors (Lipinski definition) is 9. The van der Waals surface area contributed by atoms with Gasteiger partial charge in [0, 0.05) is 24.7 Å². The fraction of sp³-hybridized carbons (Fsp3) is 0.318. The summed E-state index contributed by atoms with van der Waals surface area (Å²) in [5, 5.41) is 0.606. The lowest BCUT2D eigenvalue weighted by Gasteiger charge is -2.32. The third-order valence-corrected chi connectivity index (χ3v) is 6.12. The van der Waals surface area contributed by atoms with Crippen LogP contribution in [0.5, 0.6) is 11.5 Å². The highest BCUT2D eigenvalue weighted by atomic mass is 32.1. The van der Waals surface area contributed by atoms with E-state index in [1.54, 1.807) is 50.5 Å². The van der Waals surface area contributed by atoms with Crippen molar-refractivity contribution in [2.45, 2.75) is 26.1 Å². The van der Waals surface area contributed by atoms with Crippen LogP contribution in [-0.2, 0) is 22.6 Å². The Balaban J connectivity index is 1.70. The van der Waals surface area contributed by atoms with E-state index in [0.29, 0.717) is 45.9 Å². The summed E-state index contributed by atoms with van der Waals surface area (Å²) in [5.41, 5.74) is 1.43. The van der Waals surface area contributed by atoms with Crippen LogP contribution in [0.3, 0.4) is 0 Å². The summed E-state index contributed by atoms with van der Waals surface area (Å²) >= 11 is 1.23. The summed E-state index contributed by atoms with van der Waals surface area (Å²) < 4.78 is 21.4. The minimum atomic E-state index is -1.05. The number of esters is 1. The lowest BCUT2D eigenvalue weighted by atomic mass is 10.0. The van der Waals surface area contributed by atoms with Crippen molar-refractivity contribution in [2.75, 3.05) is 20.8 Å². The van der Waals surface area contributed by atoms with Crippen LogP contribution in [-0.4, -0.2) is 48.5 Å². The van der Waals surface area contributed by atoms with Gasteiger partial charge in [0.15, 0.2) is 16.8 Å². The molecule has 1 aromatic carbocycles. The molecule has 0 N–H and O–H groups in total. The van der Waals surface area contributed by atoms with Crippen LogP contribution in [0.2, 0.25) is 0 Å². The van der Waals surface area contributed by atoms with Crippen LogP contribution in [0.25, 0.3) is 10.8 Å². The summed E-state index contributed by atoms with van der Waals surface area (Å²) in [7, 11) is 3.14. The second-order valence-electron chi connectivity index (χ2n) is 6.87. The van der Waals surface area contributed by atoms with Gasteiger partial charge in [-0.25, -0.2) is 9.78 Å². The molecule has 8 nitrogen and oxygen atoms in total. The highest BCUT2D eigenvalue weighted by molar-refractivity contribution is 7.17. The number of thiazole rings is 1. The summed E-state index contributed by atoms with van der Waals surface area (Å²) in [5.74, 6) is 0.959.